The summed E-state index contributed by atoms with van der Waals surface area (Å²) in [5.74, 6) is 5.27. The van der Waals surface area contributed by atoms with E-state index in [0.717, 1.165) is 12.1 Å². The van der Waals surface area contributed by atoms with Gasteiger partial charge in [0.05, 0.1) is 0 Å². The third-order valence-corrected chi connectivity index (χ3v) is 1.95. The van der Waals surface area contributed by atoms with Crippen molar-refractivity contribution in [1.29, 1.82) is 0 Å². The second-order valence-corrected chi connectivity index (χ2v) is 2.66. The van der Waals surface area contributed by atoms with Crippen LogP contribution in [0.4, 0.5) is 5.69 Å². The molecule has 1 aliphatic carbocycles. The molecule has 2 nitrogen and oxygen atoms in total. The lowest BCUT2D eigenvalue weighted by Crippen LogP contribution is -2.06. The van der Waals surface area contributed by atoms with E-state index in [1.807, 2.05) is 6.07 Å². The lowest BCUT2D eigenvalue weighted by Gasteiger charge is -2.02. The first-order chi connectivity index (χ1) is 5.40. The number of hydrogen-bond donors (Lipinski definition) is 2. The van der Waals surface area contributed by atoms with Gasteiger partial charge in [-0.3, -0.25) is 5.84 Å². The van der Waals surface area contributed by atoms with E-state index in [2.05, 4.69) is 29.7 Å². The molecule has 1 aliphatic rings. The Morgan fingerprint density at radius 1 is 1.36 bits per heavy atom. The van der Waals surface area contributed by atoms with Gasteiger partial charge in [0, 0.05) is 5.69 Å². The van der Waals surface area contributed by atoms with Gasteiger partial charge in [-0.15, -0.1) is 0 Å². The molecule has 0 unspecified atom stereocenters. The van der Waals surface area contributed by atoms with Gasteiger partial charge in [0.15, 0.2) is 0 Å². The van der Waals surface area contributed by atoms with Crippen LogP contribution in [-0.4, -0.2) is 0 Å². The Balaban J connectivity index is 2.47. The Morgan fingerprint density at radius 2 is 2.27 bits per heavy atom. The second kappa shape index (κ2) is 2.40. The van der Waals surface area contributed by atoms with E-state index in [0.29, 0.717) is 0 Å². The van der Waals surface area contributed by atoms with Crippen LogP contribution in [0.25, 0.3) is 6.08 Å². The van der Waals surface area contributed by atoms with Crippen LogP contribution in [0.3, 0.4) is 0 Å². The molecule has 0 saturated carbocycles. The van der Waals surface area contributed by atoms with Gasteiger partial charge in [-0.2, -0.15) is 0 Å². The zero-order chi connectivity index (χ0) is 7.68. The number of nitrogens with one attached hydrogen (secondary N) is 1. The number of benzene rings is 1. The van der Waals surface area contributed by atoms with Crippen LogP contribution in [0.2, 0.25) is 0 Å². The van der Waals surface area contributed by atoms with Gasteiger partial charge in [-0.25, -0.2) is 0 Å². The van der Waals surface area contributed by atoms with Crippen LogP contribution in [0.15, 0.2) is 24.3 Å². The maximum Gasteiger partial charge on any atom is 0.0491 e. The number of nitrogens with two attached hydrogens (primary N) is 1. The first-order valence-electron chi connectivity index (χ1n) is 3.66. The number of fused-ring (bicyclic) bond motifs is 1. The minimum atomic E-state index is 0.968. The first kappa shape index (κ1) is 6.43. The van der Waals surface area contributed by atoms with Crippen molar-refractivity contribution in [2.24, 2.45) is 5.84 Å². The third-order valence-electron chi connectivity index (χ3n) is 1.95. The molecule has 0 bridgehead atoms. The summed E-state index contributed by atoms with van der Waals surface area (Å²) < 4.78 is 0. The molecule has 0 spiro atoms. The zero-order valence-corrected chi connectivity index (χ0v) is 6.17. The number of hydrazine groups is 1. The van der Waals surface area contributed by atoms with E-state index in [9.17, 15) is 0 Å². The fourth-order valence-corrected chi connectivity index (χ4v) is 1.34. The van der Waals surface area contributed by atoms with Gasteiger partial charge in [0.2, 0.25) is 0 Å². The predicted molar refractivity (Wildman–Crippen MR) is 47.0 cm³/mol. The number of nitrogen functional groups attached to an aromatic ring is 1. The molecular formula is C9H10N2. The van der Waals surface area contributed by atoms with Gasteiger partial charge in [-0.1, -0.05) is 18.2 Å². The van der Waals surface area contributed by atoms with E-state index < -0.39 is 0 Å². The molecule has 3 N–H and O–H groups in total. The smallest absolute Gasteiger partial charge is 0.0491 e. The Hall–Kier alpha value is -1.28. The molecule has 1 aromatic carbocycles. The van der Waals surface area contributed by atoms with Crippen LogP contribution in [0, 0.1) is 0 Å². The molecule has 0 amide bonds. The van der Waals surface area contributed by atoms with Crippen LogP contribution in [0.1, 0.15) is 11.1 Å². The molecule has 1 aromatic rings. The van der Waals surface area contributed by atoms with E-state index in [1.165, 1.54) is 11.1 Å². The highest BCUT2D eigenvalue weighted by Gasteiger charge is 2.03. The van der Waals surface area contributed by atoms with Crippen LogP contribution >= 0.6 is 0 Å². The highest BCUT2D eigenvalue weighted by atomic mass is 15.2. The molecule has 0 fully saturated rings. The Kier molecular flexibility index (Phi) is 1.40. The topological polar surface area (TPSA) is 38.0 Å². The summed E-state index contributed by atoms with van der Waals surface area (Å²) in [5, 5.41) is 0. The van der Waals surface area contributed by atoms with Crippen LogP contribution in [0.5, 0.6) is 0 Å². The average molecular weight is 146 g/mol. The minimum Gasteiger partial charge on any atom is -0.324 e. The summed E-state index contributed by atoms with van der Waals surface area (Å²) in [7, 11) is 0. The fraction of sp³-hybridized carbons (Fsp3) is 0.111. The highest BCUT2D eigenvalue weighted by molar-refractivity contribution is 5.64. The van der Waals surface area contributed by atoms with Crippen molar-refractivity contribution in [2.45, 2.75) is 6.42 Å². The average Bonchev–Trinajstić information content (AvgIpc) is 2.50. The van der Waals surface area contributed by atoms with E-state index in [-0.39, 0.29) is 0 Å². The number of hydrogen-bond acceptors (Lipinski definition) is 2. The van der Waals surface area contributed by atoms with Crippen molar-refractivity contribution < 1.29 is 0 Å². The van der Waals surface area contributed by atoms with Gasteiger partial charge in [0.25, 0.3) is 0 Å². The number of allylic oxidation sites excluding steroid dienone is 1. The Morgan fingerprint density at radius 3 is 3.09 bits per heavy atom. The van der Waals surface area contributed by atoms with Gasteiger partial charge in [0.1, 0.15) is 0 Å². The van der Waals surface area contributed by atoms with Crippen LogP contribution in [-0.2, 0) is 6.42 Å². The molecular weight excluding hydrogens is 136 g/mol. The summed E-state index contributed by atoms with van der Waals surface area (Å²) in [6.45, 7) is 0. The number of anilines is 1. The molecule has 2 rings (SSSR count). The highest BCUT2D eigenvalue weighted by Crippen LogP contribution is 2.22. The molecule has 56 valence electrons. The van der Waals surface area contributed by atoms with Crippen molar-refractivity contribution >= 4 is 11.8 Å². The summed E-state index contributed by atoms with van der Waals surface area (Å²) >= 11 is 0. The normalized spacial score (nSPS) is 13.2. The minimum absolute atomic E-state index is 0.968. The second-order valence-electron chi connectivity index (χ2n) is 2.66. The Labute approximate surface area is 65.7 Å². The molecule has 2 heteroatoms. The summed E-state index contributed by atoms with van der Waals surface area (Å²) in [6, 6.07) is 6.15. The monoisotopic (exact) mass is 146 g/mol. The standard InChI is InChI=1S/C9H10N2/c10-11-9-5-4-7-2-1-3-8(7)6-9/h1,3-6,11H,2,10H2. The molecule has 0 heterocycles. The summed E-state index contributed by atoms with van der Waals surface area (Å²) in [6.07, 6.45) is 5.33. The Bertz CT molecular complexity index is 302. The molecule has 0 aromatic heterocycles. The van der Waals surface area contributed by atoms with Gasteiger partial charge >= 0.3 is 0 Å². The van der Waals surface area contributed by atoms with Crippen molar-refractivity contribution in [1.82, 2.24) is 0 Å². The molecule has 11 heavy (non-hydrogen) atoms. The maximum atomic E-state index is 5.27. The predicted octanol–water partition coefficient (Wildman–Crippen LogP) is 1.54. The molecule has 0 atom stereocenters. The maximum absolute atomic E-state index is 5.27. The van der Waals surface area contributed by atoms with Crippen molar-refractivity contribution in [3.05, 3.63) is 35.4 Å². The third kappa shape index (κ3) is 1.01. The lowest BCUT2D eigenvalue weighted by molar-refractivity contribution is 1.29. The van der Waals surface area contributed by atoms with E-state index >= 15 is 0 Å². The lowest BCUT2D eigenvalue weighted by atomic mass is 10.1. The van der Waals surface area contributed by atoms with Crippen LogP contribution < -0.4 is 11.3 Å². The van der Waals surface area contributed by atoms with Crippen molar-refractivity contribution in [3.8, 4) is 0 Å². The quantitative estimate of drug-likeness (QED) is 0.466. The zero-order valence-electron chi connectivity index (χ0n) is 6.17. The molecule has 0 aliphatic heterocycles. The van der Waals surface area contributed by atoms with Crippen molar-refractivity contribution in [3.63, 3.8) is 0 Å². The molecule has 0 radical (unpaired) electrons. The van der Waals surface area contributed by atoms with Gasteiger partial charge < -0.3 is 5.43 Å². The van der Waals surface area contributed by atoms with Crippen molar-refractivity contribution in [2.75, 3.05) is 5.43 Å². The first-order valence-corrected chi connectivity index (χ1v) is 3.66. The SMILES string of the molecule is NNc1ccc2c(c1)C=CC2. The van der Waals surface area contributed by atoms with E-state index in [1.54, 1.807) is 0 Å². The summed E-state index contributed by atoms with van der Waals surface area (Å²) in [4.78, 5) is 0. The van der Waals surface area contributed by atoms with E-state index in [4.69, 9.17) is 5.84 Å². The fourth-order valence-electron chi connectivity index (χ4n) is 1.34. The molecule has 0 saturated heterocycles. The number of rotatable bonds is 1. The van der Waals surface area contributed by atoms with Gasteiger partial charge in [-0.05, 0) is 29.7 Å². The summed E-state index contributed by atoms with van der Waals surface area (Å²) in [5.41, 5.74) is 6.25. The largest absolute Gasteiger partial charge is 0.324 e.